The van der Waals surface area contributed by atoms with Gasteiger partial charge in [0.15, 0.2) is 17.4 Å². The van der Waals surface area contributed by atoms with Gasteiger partial charge in [-0.05, 0) is 27.5 Å². The molecule has 0 unspecified atom stereocenters. The van der Waals surface area contributed by atoms with Gasteiger partial charge in [0.2, 0.25) is 11.6 Å². The summed E-state index contributed by atoms with van der Waals surface area (Å²) in [6, 6.07) is 4.86. The molecule has 0 aromatic heterocycles. The molecule has 0 heterocycles. The molecular formula is C20H23BF4O3. The van der Waals surface area contributed by atoms with Gasteiger partial charge in [0.1, 0.15) is 0 Å². The number of benzene rings is 2. The summed E-state index contributed by atoms with van der Waals surface area (Å²) >= 11 is 0. The van der Waals surface area contributed by atoms with Crippen molar-refractivity contribution < 1.29 is 32.3 Å². The summed E-state index contributed by atoms with van der Waals surface area (Å²) in [5.74, 6) is -8.58. The molecule has 0 atom stereocenters. The van der Waals surface area contributed by atoms with Gasteiger partial charge in [-0.25, -0.2) is 8.78 Å². The van der Waals surface area contributed by atoms with Crippen LogP contribution in [0.5, 0.6) is 5.75 Å². The van der Waals surface area contributed by atoms with Gasteiger partial charge < -0.3 is 14.7 Å². The molecule has 0 amide bonds. The minimum Gasteiger partial charge on any atom is -0.507 e. The predicted octanol–water partition coefficient (Wildman–Crippen LogP) is 4.85. The predicted molar refractivity (Wildman–Crippen MR) is 99.9 cm³/mol. The summed E-state index contributed by atoms with van der Waals surface area (Å²) in [6.45, 7) is 11.5. The lowest BCUT2D eigenvalue weighted by Gasteiger charge is -2.26. The Morgan fingerprint density at radius 3 is 1.43 bits per heavy atom. The molecule has 0 bridgehead atoms. The van der Waals surface area contributed by atoms with E-state index in [1.165, 1.54) is 12.1 Å². The van der Waals surface area contributed by atoms with E-state index in [4.69, 9.17) is 10.0 Å². The van der Waals surface area contributed by atoms with Crippen molar-refractivity contribution in [2.45, 2.75) is 52.4 Å². The first-order valence-electron chi connectivity index (χ1n) is 8.69. The zero-order chi connectivity index (χ0) is 21.6. The fourth-order valence-corrected chi connectivity index (χ4v) is 2.71. The second-order valence-corrected chi connectivity index (χ2v) is 8.70. The Kier molecular flexibility index (Phi) is 5.88. The highest BCUT2D eigenvalue weighted by atomic mass is 19.2. The van der Waals surface area contributed by atoms with Crippen molar-refractivity contribution in [3.8, 4) is 16.9 Å². The molecule has 0 aliphatic carbocycles. The van der Waals surface area contributed by atoms with Crippen molar-refractivity contribution >= 4 is 7.32 Å². The number of halogens is 4. The Morgan fingerprint density at radius 2 is 1.11 bits per heavy atom. The molecule has 2 aromatic rings. The van der Waals surface area contributed by atoms with Crippen LogP contribution in [0.15, 0.2) is 18.2 Å². The lowest BCUT2D eigenvalue weighted by Crippen LogP contribution is -2.23. The lowest BCUT2D eigenvalue weighted by atomic mass is 9.79. The quantitative estimate of drug-likeness (QED) is 0.442. The summed E-state index contributed by atoms with van der Waals surface area (Å²) < 4.78 is 62.0. The highest BCUT2D eigenvalue weighted by molar-refractivity contribution is 6.33. The largest absolute Gasteiger partial charge is 0.707 e. The smallest absolute Gasteiger partial charge is 0.507 e. The molecule has 2 rings (SSSR count). The standard InChI is InChI=1S/C20H23BF4O3/c1-19(2,3)11-7-10(8-12(9-11)20(4,5)6)13-14(22)16(24)18(28-21(26)27)17(25)15(13)23/h7-9,26-27H,1-6H3. The molecule has 0 spiro atoms. The van der Waals surface area contributed by atoms with Gasteiger partial charge in [-0.3, -0.25) is 0 Å². The molecule has 0 radical (unpaired) electrons. The second-order valence-electron chi connectivity index (χ2n) is 8.70. The molecule has 3 nitrogen and oxygen atoms in total. The minimum atomic E-state index is -2.63. The van der Waals surface area contributed by atoms with Gasteiger partial charge in [0, 0.05) is 0 Å². The Morgan fingerprint density at radius 1 is 0.714 bits per heavy atom. The minimum absolute atomic E-state index is 0.0266. The Hall–Kier alpha value is -2.06. The summed E-state index contributed by atoms with van der Waals surface area (Å²) in [5.41, 5.74) is -0.206. The molecule has 152 valence electrons. The van der Waals surface area contributed by atoms with Crippen LogP contribution in [0, 0.1) is 23.3 Å². The zero-order valence-corrected chi connectivity index (χ0v) is 16.6. The third-order valence-corrected chi connectivity index (χ3v) is 4.40. The van der Waals surface area contributed by atoms with E-state index >= 15 is 0 Å². The lowest BCUT2D eigenvalue weighted by molar-refractivity contribution is 0.268. The molecule has 2 aromatic carbocycles. The van der Waals surface area contributed by atoms with E-state index in [-0.39, 0.29) is 16.4 Å². The maximum atomic E-state index is 14.7. The van der Waals surface area contributed by atoms with Gasteiger partial charge >= 0.3 is 7.32 Å². The van der Waals surface area contributed by atoms with Gasteiger partial charge in [0.05, 0.1) is 5.56 Å². The monoisotopic (exact) mass is 398 g/mol. The van der Waals surface area contributed by atoms with Crippen molar-refractivity contribution in [3.05, 3.63) is 52.6 Å². The molecule has 2 N–H and O–H groups in total. The normalized spacial score (nSPS) is 12.3. The molecule has 0 saturated carbocycles. The molecule has 0 saturated heterocycles. The van der Waals surface area contributed by atoms with E-state index in [0.717, 1.165) is 11.1 Å². The molecule has 28 heavy (non-hydrogen) atoms. The SMILES string of the molecule is CC(C)(C)c1cc(-c2c(F)c(F)c(OB(O)O)c(F)c2F)cc(C(C)(C)C)c1. The van der Waals surface area contributed by atoms with Crippen LogP contribution in [0.25, 0.3) is 11.1 Å². The molecule has 0 aliphatic heterocycles. The third-order valence-electron chi connectivity index (χ3n) is 4.40. The molecule has 0 fully saturated rings. The van der Waals surface area contributed by atoms with E-state index < -0.39 is 41.9 Å². The summed E-state index contributed by atoms with van der Waals surface area (Å²) in [7, 11) is -2.63. The number of hydrogen-bond donors (Lipinski definition) is 2. The van der Waals surface area contributed by atoms with E-state index in [1.807, 2.05) is 47.6 Å². The van der Waals surface area contributed by atoms with Crippen molar-refractivity contribution in [2.24, 2.45) is 0 Å². The van der Waals surface area contributed by atoms with E-state index in [0.29, 0.717) is 0 Å². The van der Waals surface area contributed by atoms with Gasteiger partial charge in [-0.2, -0.15) is 8.78 Å². The first-order chi connectivity index (χ1) is 12.6. The van der Waals surface area contributed by atoms with Crippen molar-refractivity contribution in [1.82, 2.24) is 0 Å². The summed E-state index contributed by atoms with van der Waals surface area (Å²) in [6.07, 6.45) is 0. The fraction of sp³-hybridized carbons (Fsp3) is 0.400. The highest BCUT2D eigenvalue weighted by Gasteiger charge is 2.31. The summed E-state index contributed by atoms with van der Waals surface area (Å²) in [5, 5.41) is 17.5. The number of rotatable bonds is 3. The van der Waals surface area contributed by atoms with Gasteiger partial charge in [0.25, 0.3) is 0 Å². The van der Waals surface area contributed by atoms with Crippen LogP contribution >= 0.6 is 0 Å². The topological polar surface area (TPSA) is 49.7 Å². The van der Waals surface area contributed by atoms with E-state index in [9.17, 15) is 17.6 Å². The van der Waals surface area contributed by atoms with Crippen molar-refractivity contribution in [2.75, 3.05) is 0 Å². The van der Waals surface area contributed by atoms with Crippen LogP contribution in [0.4, 0.5) is 17.6 Å². The Balaban J connectivity index is 2.85. The van der Waals surface area contributed by atoms with E-state index in [2.05, 4.69) is 4.65 Å². The molecule has 8 heteroatoms. The maximum absolute atomic E-state index is 14.7. The van der Waals surface area contributed by atoms with Crippen LogP contribution in [0.3, 0.4) is 0 Å². The fourth-order valence-electron chi connectivity index (χ4n) is 2.71. The van der Waals surface area contributed by atoms with Crippen LogP contribution in [0.2, 0.25) is 0 Å². The molecular weight excluding hydrogens is 375 g/mol. The first-order valence-corrected chi connectivity index (χ1v) is 8.69. The molecule has 0 aliphatic rings. The van der Waals surface area contributed by atoms with E-state index in [1.54, 1.807) is 0 Å². The third kappa shape index (κ3) is 4.33. The number of hydrogen-bond acceptors (Lipinski definition) is 3. The Bertz CT molecular complexity index is 839. The van der Waals surface area contributed by atoms with Crippen LogP contribution in [-0.4, -0.2) is 17.4 Å². The van der Waals surface area contributed by atoms with Gasteiger partial charge in [-0.1, -0.05) is 59.7 Å². The van der Waals surface area contributed by atoms with Crippen LogP contribution in [0.1, 0.15) is 52.7 Å². The first kappa shape index (κ1) is 22.2. The van der Waals surface area contributed by atoms with Crippen molar-refractivity contribution in [1.29, 1.82) is 0 Å². The maximum Gasteiger partial charge on any atom is 0.707 e. The van der Waals surface area contributed by atoms with Crippen molar-refractivity contribution in [3.63, 3.8) is 0 Å². The Labute approximate surface area is 162 Å². The average Bonchev–Trinajstić information content (AvgIpc) is 2.55. The van der Waals surface area contributed by atoms with Crippen LogP contribution < -0.4 is 4.65 Å². The zero-order valence-electron chi connectivity index (χ0n) is 16.6. The second kappa shape index (κ2) is 7.41. The summed E-state index contributed by atoms with van der Waals surface area (Å²) in [4.78, 5) is 0. The average molecular weight is 398 g/mol. The highest BCUT2D eigenvalue weighted by Crippen LogP contribution is 2.39. The van der Waals surface area contributed by atoms with Gasteiger partial charge in [-0.15, -0.1) is 0 Å². The van der Waals surface area contributed by atoms with Crippen LogP contribution in [-0.2, 0) is 10.8 Å².